The first-order valence-electron chi connectivity index (χ1n) is 4.73. The zero-order chi connectivity index (χ0) is 13.5. The lowest BCUT2D eigenvalue weighted by Crippen LogP contribution is -2.44. The van der Waals surface area contributed by atoms with Crippen LogP contribution in [0.25, 0.3) is 0 Å². The Hall–Kier alpha value is -1.19. The Morgan fingerprint density at radius 3 is 2.41 bits per heavy atom. The average Bonchev–Trinajstić information content (AvgIpc) is 2.24. The molecule has 0 aliphatic carbocycles. The van der Waals surface area contributed by atoms with E-state index in [1.807, 2.05) is 4.72 Å². The van der Waals surface area contributed by atoms with Crippen molar-refractivity contribution in [2.24, 2.45) is 0 Å². The summed E-state index contributed by atoms with van der Waals surface area (Å²) >= 11 is 0. The minimum absolute atomic E-state index is 0.0794. The number of hydrogen-bond donors (Lipinski definition) is 3. The Bertz CT molecular complexity index is 364. The van der Waals surface area contributed by atoms with Crippen LogP contribution in [-0.2, 0) is 24.3 Å². The summed E-state index contributed by atoms with van der Waals surface area (Å²) in [7, 11) is -2.76. The number of carbonyl (C=O) groups is 2. The number of aliphatic hydroxyl groups is 1. The molecule has 3 N–H and O–H groups in total. The van der Waals surface area contributed by atoms with Crippen LogP contribution in [0.2, 0.25) is 0 Å². The molecule has 17 heavy (non-hydrogen) atoms. The molecule has 0 aliphatic heterocycles. The quantitative estimate of drug-likeness (QED) is 0.448. The van der Waals surface area contributed by atoms with Crippen molar-refractivity contribution in [3.63, 3.8) is 0 Å². The van der Waals surface area contributed by atoms with E-state index >= 15 is 0 Å². The maximum atomic E-state index is 11.4. The second-order valence-corrected chi connectivity index (χ2v) is 5.07. The topological polar surface area (TPSA) is 130 Å². The van der Waals surface area contributed by atoms with E-state index in [1.165, 1.54) is 0 Å². The van der Waals surface area contributed by atoms with Crippen LogP contribution in [0.15, 0.2) is 0 Å². The molecule has 1 unspecified atom stereocenters. The van der Waals surface area contributed by atoms with E-state index in [0.717, 1.165) is 7.11 Å². The number of rotatable bonds is 8. The first-order chi connectivity index (χ1) is 7.82. The number of carboxylic acids is 1. The lowest BCUT2D eigenvalue weighted by atomic mass is 10.3. The Morgan fingerprint density at radius 2 is 2.00 bits per heavy atom. The second-order valence-electron chi connectivity index (χ2n) is 3.19. The number of aliphatic carboxylic acids is 1. The molecule has 0 rings (SSSR count). The molecule has 100 valence electrons. The minimum atomic E-state index is -3.82. The van der Waals surface area contributed by atoms with Crippen molar-refractivity contribution >= 4 is 22.0 Å². The second kappa shape index (κ2) is 7.20. The molecule has 0 fully saturated rings. The summed E-state index contributed by atoms with van der Waals surface area (Å²) < 4.78 is 29.0. The smallest absolute Gasteiger partial charge is 0.326 e. The molecule has 0 aromatic heterocycles. The highest BCUT2D eigenvalue weighted by Crippen LogP contribution is 1.98. The highest BCUT2D eigenvalue weighted by molar-refractivity contribution is 7.89. The highest BCUT2D eigenvalue weighted by Gasteiger charge is 2.24. The van der Waals surface area contributed by atoms with Gasteiger partial charge in [0.25, 0.3) is 0 Å². The van der Waals surface area contributed by atoms with Gasteiger partial charge in [0, 0.05) is 6.42 Å². The molecule has 0 amide bonds. The van der Waals surface area contributed by atoms with E-state index in [9.17, 15) is 18.0 Å². The maximum absolute atomic E-state index is 11.4. The number of methoxy groups -OCH3 is 1. The molecule has 0 heterocycles. The van der Waals surface area contributed by atoms with Gasteiger partial charge in [0.15, 0.2) is 0 Å². The van der Waals surface area contributed by atoms with Crippen LogP contribution in [0.4, 0.5) is 0 Å². The van der Waals surface area contributed by atoms with Gasteiger partial charge in [-0.15, -0.1) is 0 Å². The summed E-state index contributed by atoms with van der Waals surface area (Å²) in [6, 6.07) is -1.37. The van der Waals surface area contributed by atoms with E-state index in [2.05, 4.69) is 4.74 Å². The van der Waals surface area contributed by atoms with Crippen molar-refractivity contribution in [3.05, 3.63) is 0 Å². The van der Waals surface area contributed by atoms with E-state index in [-0.39, 0.29) is 12.8 Å². The molecule has 0 spiro atoms. The molecule has 0 bridgehead atoms. The molecule has 1 atom stereocenters. The zero-order valence-electron chi connectivity index (χ0n) is 9.25. The van der Waals surface area contributed by atoms with E-state index < -0.39 is 40.4 Å². The maximum Gasteiger partial charge on any atom is 0.326 e. The van der Waals surface area contributed by atoms with Crippen LogP contribution in [-0.4, -0.2) is 56.1 Å². The van der Waals surface area contributed by atoms with E-state index in [4.69, 9.17) is 10.2 Å². The summed E-state index contributed by atoms with van der Waals surface area (Å²) in [5, 5.41) is 17.1. The van der Waals surface area contributed by atoms with E-state index in [0.29, 0.717) is 0 Å². The number of sulfonamides is 1. The van der Waals surface area contributed by atoms with Crippen molar-refractivity contribution in [1.82, 2.24) is 4.72 Å². The predicted molar refractivity (Wildman–Crippen MR) is 56.7 cm³/mol. The van der Waals surface area contributed by atoms with Crippen LogP contribution in [0.5, 0.6) is 0 Å². The van der Waals surface area contributed by atoms with Crippen molar-refractivity contribution in [2.75, 3.05) is 19.5 Å². The molecule has 0 aromatic rings. The van der Waals surface area contributed by atoms with Crippen molar-refractivity contribution in [2.45, 2.75) is 18.9 Å². The van der Waals surface area contributed by atoms with E-state index in [1.54, 1.807) is 0 Å². The van der Waals surface area contributed by atoms with Crippen molar-refractivity contribution in [3.8, 4) is 0 Å². The predicted octanol–water partition coefficient (Wildman–Crippen LogP) is -1.70. The third kappa shape index (κ3) is 6.87. The minimum Gasteiger partial charge on any atom is -0.481 e. The van der Waals surface area contributed by atoms with Crippen LogP contribution in [0.3, 0.4) is 0 Å². The molecule has 0 radical (unpaired) electrons. The van der Waals surface area contributed by atoms with Gasteiger partial charge in [-0.25, -0.2) is 8.42 Å². The Kier molecular flexibility index (Phi) is 6.69. The fraction of sp³-hybridized carbons (Fsp3) is 0.750. The number of hydrogen-bond acceptors (Lipinski definition) is 6. The molecular formula is C8H15NO7S. The third-order valence-electron chi connectivity index (χ3n) is 1.79. The highest BCUT2D eigenvalue weighted by atomic mass is 32.2. The van der Waals surface area contributed by atoms with Gasteiger partial charge in [0.05, 0.1) is 19.5 Å². The molecule has 8 nitrogen and oxygen atoms in total. The summed E-state index contributed by atoms with van der Waals surface area (Å²) in [4.78, 5) is 21.2. The number of esters is 1. The van der Waals surface area contributed by atoms with Crippen LogP contribution >= 0.6 is 0 Å². The number of ether oxygens (including phenoxy) is 1. The molecule has 9 heteroatoms. The summed E-state index contributed by atoms with van der Waals surface area (Å²) in [6.45, 7) is -0.731. The number of aliphatic hydroxyl groups excluding tert-OH is 1. The molecule has 0 saturated heterocycles. The van der Waals surface area contributed by atoms with Gasteiger partial charge >= 0.3 is 11.9 Å². The fourth-order valence-corrected chi connectivity index (χ4v) is 2.24. The third-order valence-corrected chi connectivity index (χ3v) is 3.26. The number of carbonyl (C=O) groups excluding carboxylic acids is 1. The summed E-state index contributed by atoms with van der Waals surface area (Å²) in [5.74, 6) is -2.45. The van der Waals surface area contributed by atoms with Gasteiger partial charge in [-0.05, 0) is 6.42 Å². The lowest BCUT2D eigenvalue weighted by Gasteiger charge is -2.13. The van der Waals surface area contributed by atoms with Crippen LogP contribution in [0, 0.1) is 0 Å². The lowest BCUT2D eigenvalue weighted by molar-refractivity contribution is -0.143. The standard InChI is InChI=1S/C8H15NO7S/c1-16-8(13)6(5-10)9-17(14,15)4-2-3-7(11)12/h6,9-10H,2-5H2,1H3,(H,11,12). The van der Waals surface area contributed by atoms with Gasteiger partial charge in [0.1, 0.15) is 6.04 Å². The van der Waals surface area contributed by atoms with Crippen LogP contribution in [0.1, 0.15) is 12.8 Å². The van der Waals surface area contributed by atoms with Gasteiger partial charge < -0.3 is 14.9 Å². The summed E-state index contributed by atoms with van der Waals surface area (Å²) in [5.41, 5.74) is 0. The largest absolute Gasteiger partial charge is 0.481 e. The molecule has 0 saturated carbocycles. The van der Waals surface area contributed by atoms with Crippen LogP contribution < -0.4 is 4.72 Å². The zero-order valence-corrected chi connectivity index (χ0v) is 10.1. The number of carboxylic acid groups (broad SMARTS) is 1. The van der Waals surface area contributed by atoms with Gasteiger partial charge in [0.2, 0.25) is 10.0 Å². The first-order valence-corrected chi connectivity index (χ1v) is 6.38. The van der Waals surface area contributed by atoms with Gasteiger partial charge in [-0.3, -0.25) is 9.59 Å². The normalized spacial score (nSPS) is 13.1. The Morgan fingerprint density at radius 1 is 1.41 bits per heavy atom. The van der Waals surface area contributed by atoms with Crippen molar-refractivity contribution < 1.29 is 33.0 Å². The fourth-order valence-electron chi connectivity index (χ4n) is 0.991. The monoisotopic (exact) mass is 269 g/mol. The Labute approximate surface area is 98.6 Å². The van der Waals surface area contributed by atoms with Gasteiger partial charge in [-0.2, -0.15) is 4.72 Å². The molecular weight excluding hydrogens is 254 g/mol. The Balaban J connectivity index is 4.32. The van der Waals surface area contributed by atoms with Crippen molar-refractivity contribution in [1.29, 1.82) is 0 Å². The number of nitrogens with one attached hydrogen (secondary N) is 1. The van der Waals surface area contributed by atoms with Gasteiger partial charge in [-0.1, -0.05) is 0 Å². The average molecular weight is 269 g/mol. The first kappa shape index (κ1) is 15.8. The summed E-state index contributed by atoms with van der Waals surface area (Å²) in [6.07, 6.45) is -0.368. The molecule has 0 aliphatic rings. The SMILES string of the molecule is COC(=O)C(CO)NS(=O)(=O)CCCC(=O)O. The molecule has 0 aromatic carbocycles.